The number of thioether (sulfide) groups is 1. The molecule has 0 aliphatic carbocycles. The molecule has 0 aliphatic heterocycles. The summed E-state index contributed by atoms with van der Waals surface area (Å²) in [6, 6.07) is 7.99. The summed E-state index contributed by atoms with van der Waals surface area (Å²) in [7, 11) is 0. The van der Waals surface area contributed by atoms with Crippen LogP contribution in [0.3, 0.4) is 0 Å². The molecule has 0 bridgehead atoms. The van der Waals surface area contributed by atoms with Gasteiger partial charge in [-0.3, -0.25) is 4.79 Å². The molecule has 0 fully saturated rings. The quantitative estimate of drug-likeness (QED) is 0.613. The Bertz CT molecular complexity index is 736. The van der Waals surface area contributed by atoms with E-state index in [1.807, 2.05) is 38.1 Å². The normalized spacial score (nSPS) is 12.4. The fourth-order valence-electron chi connectivity index (χ4n) is 1.91. The van der Waals surface area contributed by atoms with Gasteiger partial charge in [-0.15, -0.1) is 5.10 Å². The van der Waals surface area contributed by atoms with E-state index in [2.05, 4.69) is 24.3 Å². The lowest BCUT2D eigenvalue weighted by atomic mass is 10.2. The van der Waals surface area contributed by atoms with Crippen LogP contribution in [0.1, 0.15) is 26.3 Å². The first kappa shape index (κ1) is 18.2. The van der Waals surface area contributed by atoms with E-state index in [4.69, 9.17) is 12.2 Å². The molecule has 1 amide bonds. The Hall–Kier alpha value is -1.18. The van der Waals surface area contributed by atoms with Crippen LogP contribution in [0.25, 0.3) is 5.69 Å². The highest BCUT2D eigenvalue weighted by Gasteiger charge is 2.17. The van der Waals surface area contributed by atoms with Gasteiger partial charge >= 0.3 is 0 Å². The van der Waals surface area contributed by atoms with Crippen molar-refractivity contribution in [2.75, 3.05) is 6.54 Å². The van der Waals surface area contributed by atoms with Crippen LogP contribution in [0.4, 0.5) is 0 Å². The Kier molecular flexibility index (Phi) is 6.38. The molecule has 124 valence electrons. The highest BCUT2D eigenvalue weighted by atomic mass is 32.2. The third-order valence-electron chi connectivity index (χ3n) is 3.20. The minimum atomic E-state index is -0.195. The molecule has 23 heavy (non-hydrogen) atoms. The van der Waals surface area contributed by atoms with Crippen LogP contribution in [0.15, 0.2) is 28.6 Å². The summed E-state index contributed by atoms with van der Waals surface area (Å²) in [6.07, 6.45) is 0. The maximum atomic E-state index is 12.1. The van der Waals surface area contributed by atoms with Crippen molar-refractivity contribution in [3.05, 3.63) is 33.8 Å². The third kappa shape index (κ3) is 4.89. The van der Waals surface area contributed by atoms with Crippen molar-refractivity contribution in [1.82, 2.24) is 15.1 Å². The predicted octanol–water partition coefficient (Wildman–Crippen LogP) is 4.22. The number of carbonyl (C=O) groups is 1. The second-order valence-electron chi connectivity index (χ2n) is 5.73. The molecule has 4 nitrogen and oxygen atoms in total. The Balaban J connectivity index is 2.11. The number of aryl methyl sites for hydroxylation is 1. The van der Waals surface area contributed by atoms with Crippen molar-refractivity contribution >= 4 is 41.2 Å². The molecule has 1 atom stereocenters. The van der Waals surface area contributed by atoms with E-state index in [1.165, 1.54) is 23.1 Å². The molecule has 0 unspecified atom stereocenters. The van der Waals surface area contributed by atoms with Gasteiger partial charge in [-0.1, -0.05) is 55.1 Å². The van der Waals surface area contributed by atoms with Gasteiger partial charge in [-0.25, -0.2) is 4.68 Å². The van der Waals surface area contributed by atoms with Crippen LogP contribution >= 0.6 is 35.3 Å². The highest BCUT2D eigenvalue weighted by molar-refractivity contribution is 8.02. The van der Waals surface area contributed by atoms with Crippen molar-refractivity contribution in [3.63, 3.8) is 0 Å². The maximum Gasteiger partial charge on any atom is 0.233 e. The van der Waals surface area contributed by atoms with Crippen LogP contribution in [0.2, 0.25) is 0 Å². The second-order valence-corrected chi connectivity index (χ2v) is 8.94. The van der Waals surface area contributed by atoms with Crippen LogP contribution in [0, 0.1) is 16.8 Å². The Morgan fingerprint density at radius 3 is 2.74 bits per heavy atom. The van der Waals surface area contributed by atoms with Crippen LogP contribution in [-0.2, 0) is 4.79 Å². The first-order valence-corrected chi connectivity index (χ1v) is 9.59. The third-order valence-corrected chi connectivity index (χ3v) is 5.62. The number of para-hydroxylation sites is 1. The van der Waals surface area contributed by atoms with E-state index < -0.39 is 0 Å². The maximum absolute atomic E-state index is 12.1. The molecular formula is C16H21N3OS3. The summed E-state index contributed by atoms with van der Waals surface area (Å²) in [5, 5.41) is 7.33. The van der Waals surface area contributed by atoms with Crippen molar-refractivity contribution in [1.29, 1.82) is 0 Å². The topological polar surface area (TPSA) is 46.9 Å². The molecule has 0 aliphatic rings. The zero-order valence-corrected chi connectivity index (χ0v) is 16.1. The molecule has 2 rings (SSSR count). The average molecular weight is 368 g/mol. The molecule has 1 aromatic carbocycles. The van der Waals surface area contributed by atoms with Gasteiger partial charge in [-0.05, 0) is 43.6 Å². The van der Waals surface area contributed by atoms with Crippen LogP contribution < -0.4 is 5.32 Å². The number of rotatable bonds is 6. The van der Waals surface area contributed by atoms with E-state index in [1.54, 1.807) is 4.68 Å². The predicted molar refractivity (Wildman–Crippen MR) is 100 cm³/mol. The lowest BCUT2D eigenvalue weighted by molar-refractivity contribution is -0.120. The fourth-order valence-corrected chi connectivity index (χ4v) is 4.43. The fraction of sp³-hybridized carbons (Fsp3) is 0.438. The lowest BCUT2D eigenvalue weighted by Crippen LogP contribution is -2.33. The number of aromatic nitrogens is 2. The van der Waals surface area contributed by atoms with Gasteiger partial charge in [0.1, 0.15) is 0 Å². The minimum absolute atomic E-state index is 0.0345. The SMILES string of the molecule is Cc1ccccc1-n1nc(S[C@H](C)C(=O)NCC(C)C)sc1=S. The molecule has 0 saturated carbocycles. The molecule has 0 spiro atoms. The van der Waals surface area contributed by atoms with E-state index in [9.17, 15) is 4.79 Å². The summed E-state index contributed by atoms with van der Waals surface area (Å²) in [4.78, 5) is 12.1. The number of carbonyl (C=O) groups excluding carboxylic acids is 1. The van der Waals surface area contributed by atoms with Gasteiger partial charge < -0.3 is 5.32 Å². The molecule has 0 radical (unpaired) electrons. The van der Waals surface area contributed by atoms with Crippen molar-refractivity contribution in [2.45, 2.75) is 37.3 Å². The standard InChI is InChI=1S/C16H21N3OS3/c1-10(2)9-17-14(20)12(4)22-15-18-19(16(21)23-15)13-8-6-5-7-11(13)3/h5-8,10,12H,9H2,1-4H3,(H,17,20)/t12-/m1/s1. The van der Waals surface area contributed by atoms with Gasteiger partial charge in [0.25, 0.3) is 0 Å². The van der Waals surface area contributed by atoms with Crippen molar-refractivity contribution in [3.8, 4) is 5.69 Å². The molecular weight excluding hydrogens is 346 g/mol. The molecule has 1 N–H and O–H groups in total. The van der Waals surface area contributed by atoms with Gasteiger partial charge in [0, 0.05) is 6.54 Å². The van der Waals surface area contributed by atoms with Crippen LogP contribution in [0.5, 0.6) is 0 Å². The first-order valence-electron chi connectivity index (χ1n) is 7.49. The zero-order valence-electron chi connectivity index (χ0n) is 13.7. The second kappa shape index (κ2) is 8.08. The number of amides is 1. The van der Waals surface area contributed by atoms with Gasteiger partial charge in [-0.2, -0.15) is 0 Å². The van der Waals surface area contributed by atoms with Gasteiger partial charge in [0.05, 0.1) is 10.9 Å². The minimum Gasteiger partial charge on any atom is -0.355 e. The van der Waals surface area contributed by atoms with Crippen molar-refractivity contribution in [2.24, 2.45) is 5.92 Å². The molecule has 0 saturated heterocycles. The average Bonchev–Trinajstić information content (AvgIpc) is 2.85. The molecule has 1 heterocycles. The lowest BCUT2D eigenvalue weighted by Gasteiger charge is -2.11. The number of benzene rings is 1. The number of nitrogens with zero attached hydrogens (tertiary/aromatic N) is 2. The number of hydrogen-bond donors (Lipinski definition) is 1. The highest BCUT2D eigenvalue weighted by Crippen LogP contribution is 2.28. The zero-order chi connectivity index (χ0) is 17.0. The van der Waals surface area contributed by atoms with Gasteiger partial charge in [0.15, 0.2) is 8.29 Å². The molecule has 2 aromatic rings. The smallest absolute Gasteiger partial charge is 0.233 e. The molecule has 7 heteroatoms. The summed E-state index contributed by atoms with van der Waals surface area (Å²) in [5.41, 5.74) is 2.10. The number of hydrogen-bond acceptors (Lipinski definition) is 5. The summed E-state index contributed by atoms with van der Waals surface area (Å²) >= 11 is 8.31. The summed E-state index contributed by atoms with van der Waals surface area (Å²) < 4.78 is 3.28. The molecule has 1 aromatic heterocycles. The number of nitrogens with one attached hydrogen (secondary N) is 1. The van der Waals surface area contributed by atoms with Crippen LogP contribution in [-0.4, -0.2) is 27.5 Å². The Morgan fingerprint density at radius 1 is 1.39 bits per heavy atom. The Morgan fingerprint density at radius 2 is 2.09 bits per heavy atom. The monoisotopic (exact) mass is 367 g/mol. The first-order chi connectivity index (χ1) is 10.9. The summed E-state index contributed by atoms with van der Waals surface area (Å²) in [6.45, 7) is 8.77. The van der Waals surface area contributed by atoms with E-state index in [-0.39, 0.29) is 11.2 Å². The Labute approximate surface area is 150 Å². The van der Waals surface area contributed by atoms with E-state index >= 15 is 0 Å². The van der Waals surface area contributed by atoms with E-state index in [0.717, 1.165) is 15.6 Å². The van der Waals surface area contributed by atoms with E-state index in [0.29, 0.717) is 16.4 Å². The largest absolute Gasteiger partial charge is 0.355 e. The van der Waals surface area contributed by atoms with Crippen molar-refractivity contribution < 1.29 is 4.79 Å². The summed E-state index contributed by atoms with van der Waals surface area (Å²) in [5.74, 6) is 0.478. The van der Waals surface area contributed by atoms with Gasteiger partial charge in [0.2, 0.25) is 5.91 Å².